The van der Waals surface area contributed by atoms with Crippen molar-refractivity contribution in [2.45, 2.75) is 12.5 Å². The number of hydrogen-bond acceptors (Lipinski definition) is 3. The first-order valence-electron chi connectivity index (χ1n) is 4.29. The third kappa shape index (κ3) is 2.44. The minimum atomic E-state index is -0.638. The lowest BCUT2D eigenvalue weighted by molar-refractivity contribution is -0.128. The van der Waals surface area contributed by atoms with Gasteiger partial charge in [-0.25, -0.2) is 0 Å². The fourth-order valence-corrected chi connectivity index (χ4v) is 1.39. The van der Waals surface area contributed by atoms with Gasteiger partial charge < -0.3 is 15.7 Å². The van der Waals surface area contributed by atoms with Crippen molar-refractivity contribution in [1.29, 1.82) is 0 Å². The zero-order valence-electron chi connectivity index (χ0n) is 7.44. The Morgan fingerprint density at radius 1 is 1.85 bits per heavy atom. The van der Waals surface area contributed by atoms with Gasteiger partial charge in [-0.15, -0.1) is 12.3 Å². The molecular formula is C9H14N2O2. The average molecular weight is 182 g/mol. The lowest BCUT2D eigenvalue weighted by atomic mass is 10.1. The highest BCUT2D eigenvalue weighted by molar-refractivity contribution is 5.79. The van der Waals surface area contributed by atoms with Crippen molar-refractivity contribution in [2.75, 3.05) is 19.6 Å². The fourth-order valence-electron chi connectivity index (χ4n) is 1.39. The standard InChI is InChI=1S/C9H14N2O2/c1-2-7-3-9(13)11(5-7)6-8(12)4-10/h1,7-8,12H,3-6,10H2. The third-order valence-electron chi connectivity index (χ3n) is 2.15. The van der Waals surface area contributed by atoms with Crippen LogP contribution in [0.15, 0.2) is 0 Å². The van der Waals surface area contributed by atoms with E-state index >= 15 is 0 Å². The highest BCUT2D eigenvalue weighted by Crippen LogP contribution is 2.16. The Labute approximate surface area is 77.7 Å². The number of rotatable bonds is 3. The molecule has 0 aromatic carbocycles. The van der Waals surface area contributed by atoms with Gasteiger partial charge in [-0.1, -0.05) is 0 Å². The summed E-state index contributed by atoms with van der Waals surface area (Å²) in [5, 5.41) is 9.22. The molecule has 0 radical (unpaired) electrons. The monoisotopic (exact) mass is 182 g/mol. The van der Waals surface area contributed by atoms with Crippen LogP contribution in [0.1, 0.15) is 6.42 Å². The number of likely N-dealkylation sites (tertiary alicyclic amines) is 1. The summed E-state index contributed by atoms with van der Waals surface area (Å²) in [4.78, 5) is 12.8. The normalized spacial score (nSPS) is 24.5. The Morgan fingerprint density at radius 3 is 3.00 bits per heavy atom. The van der Waals surface area contributed by atoms with Crippen LogP contribution in [-0.4, -0.2) is 41.7 Å². The molecule has 2 unspecified atom stereocenters. The van der Waals surface area contributed by atoms with Crippen LogP contribution >= 0.6 is 0 Å². The first-order valence-corrected chi connectivity index (χ1v) is 4.29. The molecule has 0 bridgehead atoms. The van der Waals surface area contributed by atoms with E-state index in [0.29, 0.717) is 19.5 Å². The molecule has 1 saturated heterocycles. The van der Waals surface area contributed by atoms with E-state index in [9.17, 15) is 9.90 Å². The van der Waals surface area contributed by atoms with E-state index in [1.165, 1.54) is 0 Å². The maximum absolute atomic E-state index is 11.3. The summed E-state index contributed by atoms with van der Waals surface area (Å²) >= 11 is 0. The number of carbonyl (C=O) groups excluding carboxylic acids is 1. The smallest absolute Gasteiger partial charge is 0.224 e. The Balaban J connectivity index is 2.44. The topological polar surface area (TPSA) is 66.6 Å². The van der Waals surface area contributed by atoms with E-state index in [4.69, 9.17) is 12.2 Å². The molecule has 72 valence electrons. The summed E-state index contributed by atoms with van der Waals surface area (Å²) in [7, 11) is 0. The first-order chi connectivity index (χ1) is 6.17. The number of aliphatic hydroxyl groups is 1. The molecule has 1 aliphatic heterocycles. The Hall–Kier alpha value is -1.05. The van der Waals surface area contributed by atoms with Crippen molar-refractivity contribution in [2.24, 2.45) is 11.7 Å². The molecule has 0 saturated carbocycles. The van der Waals surface area contributed by atoms with Crippen LogP contribution < -0.4 is 5.73 Å². The molecule has 0 spiro atoms. The summed E-state index contributed by atoms with van der Waals surface area (Å²) in [6.07, 6.45) is 4.96. The number of nitrogens with two attached hydrogens (primary N) is 1. The van der Waals surface area contributed by atoms with Crippen molar-refractivity contribution < 1.29 is 9.90 Å². The van der Waals surface area contributed by atoms with Crippen LogP contribution in [0.2, 0.25) is 0 Å². The maximum Gasteiger partial charge on any atom is 0.224 e. The quantitative estimate of drug-likeness (QED) is 0.538. The zero-order valence-corrected chi connectivity index (χ0v) is 7.44. The lowest BCUT2D eigenvalue weighted by Gasteiger charge is -2.18. The molecule has 1 rings (SSSR count). The molecule has 0 aliphatic carbocycles. The van der Waals surface area contributed by atoms with Crippen LogP contribution in [0.4, 0.5) is 0 Å². The van der Waals surface area contributed by atoms with E-state index < -0.39 is 6.10 Å². The lowest BCUT2D eigenvalue weighted by Crippen LogP contribution is -2.37. The second kappa shape index (κ2) is 4.26. The number of carbonyl (C=O) groups is 1. The van der Waals surface area contributed by atoms with Crippen LogP contribution in [-0.2, 0) is 4.79 Å². The SMILES string of the molecule is C#CC1CC(=O)N(CC(O)CN)C1. The average Bonchev–Trinajstić information content (AvgIpc) is 2.47. The zero-order chi connectivity index (χ0) is 9.84. The number of β-amino-alcohol motifs (C(OH)–C–C–N with tert-alkyl or cyclic N) is 1. The van der Waals surface area contributed by atoms with Gasteiger partial charge in [0.1, 0.15) is 0 Å². The van der Waals surface area contributed by atoms with Crippen molar-refractivity contribution in [3.05, 3.63) is 0 Å². The Kier molecular flexibility index (Phi) is 3.29. The third-order valence-corrected chi connectivity index (χ3v) is 2.15. The highest BCUT2D eigenvalue weighted by Gasteiger charge is 2.28. The minimum Gasteiger partial charge on any atom is -0.390 e. The molecule has 1 heterocycles. The molecule has 0 aromatic rings. The molecule has 0 aromatic heterocycles. The fraction of sp³-hybridized carbons (Fsp3) is 0.667. The van der Waals surface area contributed by atoms with Gasteiger partial charge in [0.25, 0.3) is 0 Å². The highest BCUT2D eigenvalue weighted by atomic mass is 16.3. The number of hydrogen-bond donors (Lipinski definition) is 2. The number of nitrogens with zero attached hydrogens (tertiary/aromatic N) is 1. The van der Waals surface area contributed by atoms with Gasteiger partial charge in [0.15, 0.2) is 0 Å². The molecule has 1 amide bonds. The summed E-state index contributed by atoms with van der Waals surface area (Å²) in [5.41, 5.74) is 5.23. The molecule has 4 nitrogen and oxygen atoms in total. The van der Waals surface area contributed by atoms with E-state index in [0.717, 1.165) is 0 Å². The number of amides is 1. The van der Waals surface area contributed by atoms with Crippen LogP contribution in [0, 0.1) is 18.3 Å². The first kappa shape index (κ1) is 10.0. The Bertz CT molecular complexity index is 234. The number of terminal acetylenes is 1. The second-order valence-corrected chi connectivity index (χ2v) is 3.26. The van der Waals surface area contributed by atoms with Crippen LogP contribution in [0.5, 0.6) is 0 Å². The summed E-state index contributed by atoms with van der Waals surface area (Å²) in [5.74, 6) is 2.55. The van der Waals surface area contributed by atoms with Gasteiger partial charge in [0.2, 0.25) is 5.91 Å². The molecule has 4 heteroatoms. The molecular weight excluding hydrogens is 168 g/mol. The van der Waals surface area contributed by atoms with E-state index in [-0.39, 0.29) is 18.4 Å². The largest absolute Gasteiger partial charge is 0.390 e. The van der Waals surface area contributed by atoms with E-state index in [2.05, 4.69) is 5.92 Å². The summed E-state index contributed by atoms with van der Waals surface area (Å²) < 4.78 is 0. The van der Waals surface area contributed by atoms with Gasteiger partial charge in [-0.05, 0) is 0 Å². The minimum absolute atomic E-state index is 0.00234. The molecule has 13 heavy (non-hydrogen) atoms. The Morgan fingerprint density at radius 2 is 2.54 bits per heavy atom. The second-order valence-electron chi connectivity index (χ2n) is 3.26. The van der Waals surface area contributed by atoms with Crippen LogP contribution in [0.25, 0.3) is 0 Å². The van der Waals surface area contributed by atoms with E-state index in [1.807, 2.05) is 0 Å². The summed E-state index contributed by atoms with van der Waals surface area (Å²) in [6.45, 7) is 1.02. The van der Waals surface area contributed by atoms with Gasteiger partial charge in [0.05, 0.1) is 6.10 Å². The van der Waals surface area contributed by atoms with Crippen molar-refractivity contribution in [3.8, 4) is 12.3 Å². The van der Waals surface area contributed by atoms with Gasteiger partial charge in [0, 0.05) is 32.0 Å². The van der Waals surface area contributed by atoms with E-state index in [1.54, 1.807) is 4.90 Å². The predicted octanol–water partition coefficient (Wildman–Crippen LogP) is -1.21. The number of aliphatic hydroxyl groups excluding tert-OH is 1. The molecule has 2 atom stereocenters. The van der Waals surface area contributed by atoms with Gasteiger partial charge in [-0.2, -0.15) is 0 Å². The van der Waals surface area contributed by atoms with Crippen molar-refractivity contribution >= 4 is 5.91 Å². The molecule has 1 fully saturated rings. The van der Waals surface area contributed by atoms with Gasteiger partial charge in [-0.3, -0.25) is 4.79 Å². The van der Waals surface area contributed by atoms with Crippen molar-refractivity contribution in [3.63, 3.8) is 0 Å². The molecule has 3 N–H and O–H groups in total. The van der Waals surface area contributed by atoms with Crippen molar-refractivity contribution in [1.82, 2.24) is 4.90 Å². The van der Waals surface area contributed by atoms with Gasteiger partial charge >= 0.3 is 0 Å². The summed E-state index contributed by atoms with van der Waals surface area (Å²) in [6, 6.07) is 0. The molecule has 1 aliphatic rings. The maximum atomic E-state index is 11.3. The van der Waals surface area contributed by atoms with Crippen LogP contribution in [0.3, 0.4) is 0 Å². The predicted molar refractivity (Wildman–Crippen MR) is 48.6 cm³/mol.